The van der Waals surface area contributed by atoms with E-state index in [4.69, 9.17) is 15.2 Å². The maximum atomic E-state index is 6.54. The van der Waals surface area contributed by atoms with Gasteiger partial charge in [-0.15, -0.1) is 0 Å². The maximum Gasteiger partial charge on any atom is 0.130 e. The fourth-order valence-corrected chi connectivity index (χ4v) is 5.81. The number of rotatable bonds is 16. The minimum atomic E-state index is 0.476. The topological polar surface area (TPSA) is 87.1 Å². The number of benzene rings is 5. The van der Waals surface area contributed by atoms with Crippen LogP contribution in [0.15, 0.2) is 91.0 Å². The van der Waals surface area contributed by atoms with E-state index in [1.165, 1.54) is 5.39 Å². The molecule has 5 aromatic carbocycles. The first-order chi connectivity index (χ1) is 22.1. The summed E-state index contributed by atoms with van der Waals surface area (Å²) in [6, 6.07) is 31.3. The second kappa shape index (κ2) is 14.5. The average Bonchev–Trinajstić information content (AvgIpc) is 3.44. The van der Waals surface area contributed by atoms with Gasteiger partial charge >= 0.3 is 0 Å². The Morgan fingerprint density at radius 1 is 0.756 bits per heavy atom. The molecular formula is C37H44N6O2. The standard InChI is InChI=1S/C37H44N6O2/c1-42(2)23-21-39-19-20-40-31-14-15-32-35-29(31)24-30-33(44-25-27-10-5-3-6-11-27)16-17-34(45-26-28-12-7-4-8-13-28)36(30)37(35)41-43(32)22-9-18-38/h3-8,10-17,24,39-41H,9,18-23,25-26,38H2,1-2H3. The van der Waals surface area contributed by atoms with Crippen LogP contribution in [0.1, 0.15) is 17.5 Å². The van der Waals surface area contributed by atoms with Gasteiger partial charge in [0, 0.05) is 54.6 Å². The van der Waals surface area contributed by atoms with Crippen molar-refractivity contribution in [3.05, 3.63) is 102 Å². The zero-order valence-corrected chi connectivity index (χ0v) is 26.3. The van der Waals surface area contributed by atoms with E-state index in [1.807, 2.05) is 48.5 Å². The van der Waals surface area contributed by atoms with Gasteiger partial charge in [-0.25, -0.2) is 0 Å². The Hall–Kier alpha value is -4.50. The zero-order valence-electron chi connectivity index (χ0n) is 26.3. The van der Waals surface area contributed by atoms with Crippen LogP contribution in [0.25, 0.3) is 21.5 Å². The molecule has 6 rings (SSSR count). The molecule has 0 atom stereocenters. The Morgan fingerprint density at radius 3 is 2.13 bits per heavy atom. The van der Waals surface area contributed by atoms with E-state index >= 15 is 0 Å². The highest BCUT2D eigenvalue weighted by Gasteiger charge is 2.27. The van der Waals surface area contributed by atoms with Crippen LogP contribution in [-0.4, -0.2) is 58.3 Å². The maximum absolute atomic E-state index is 6.54. The number of ether oxygens (including phenoxy) is 2. The molecule has 5 aromatic rings. The number of hydrazine groups is 1. The quantitative estimate of drug-likeness (QED) is 0.0782. The highest BCUT2D eigenvalue weighted by molar-refractivity contribution is 6.23. The third-order valence-corrected chi connectivity index (χ3v) is 8.13. The predicted octanol–water partition coefficient (Wildman–Crippen LogP) is 6.21. The van der Waals surface area contributed by atoms with E-state index in [0.717, 1.165) is 95.0 Å². The molecule has 0 radical (unpaired) electrons. The lowest BCUT2D eigenvalue weighted by molar-refractivity contribution is 0.303. The van der Waals surface area contributed by atoms with Crippen LogP contribution in [0.2, 0.25) is 0 Å². The molecule has 0 aliphatic carbocycles. The summed E-state index contributed by atoms with van der Waals surface area (Å²) in [5.41, 5.74) is 15.2. The molecule has 8 nitrogen and oxygen atoms in total. The van der Waals surface area contributed by atoms with E-state index in [9.17, 15) is 0 Å². The smallest absolute Gasteiger partial charge is 0.130 e. The summed E-state index contributed by atoms with van der Waals surface area (Å²) >= 11 is 0. The van der Waals surface area contributed by atoms with Crippen molar-refractivity contribution < 1.29 is 9.47 Å². The SMILES string of the molecule is CN(C)CCNCCNc1ccc2c3c(c4c(OCc5ccccc5)ccc(OCc5ccccc5)c4cc13)NN2CCCN. The first-order valence-corrected chi connectivity index (χ1v) is 15.9. The molecule has 1 aliphatic heterocycles. The van der Waals surface area contributed by atoms with Gasteiger partial charge in [0.15, 0.2) is 0 Å². The molecule has 1 aliphatic rings. The number of fused-ring (bicyclic) bond motifs is 2. The molecule has 0 amide bonds. The van der Waals surface area contributed by atoms with E-state index < -0.39 is 0 Å². The molecule has 45 heavy (non-hydrogen) atoms. The lowest BCUT2D eigenvalue weighted by Crippen LogP contribution is -2.30. The van der Waals surface area contributed by atoms with Crippen molar-refractivity contribution in [1.82, 2.24) is 10.2 Å². The number of hydrogen-bond donors (Lipinski definition) is 4. The van der Waals surface area contributed by atoms with Gasteiger partial charge in [0.05, 0.1) is 16.8 Å². The fourth-order valence-electron chi connectivity index (χ4n) is 5.81. The number of hydrogen-bond acceptors (Lipinski definition) is 8. The summed E-state index contributed by atoms with van der Waals surface area (Å²) < 4.78 is 13.1. The zero-order chi connectivity index (χ0) is 31.0. The summed E-state index contributed by atoms with van der Waals surface area (Å²) in [5.74, 6) is 1.64. The molecule has 0 spiro atoms. The van der Waals surface area contributed by atoms with Crippen molar-refractivity contribution in [2.75, 3.05) is 69.1 Å². The predicted molar refractivity (Wildman–Crippen MR) is 188 cm³/mol. The number of nitrogens with two attached hydrogens (primary N) is 1. The van der Waals surface area contributed by atoms with Crippen molar-refractivity contribution >= 4 is 38.6 Å². The first-order valence-electron chi connectivity index (χ1n) is 15.9. The monoisotopic (exact) mass is 604 g/mol. The third kappa shape index (κ3) is 7.09. The van der Waals surface area contributed by atoms with Crippen molar-refractivity contribution in [3.63, 3.8) is 0 Å². The Labute approximate surface area is 266 Å². The Balaban J connectivity index is 1.41. The van der Waals surface area contributed by atoms with E-state index in [0.29, 0.717) is 19.8 Å². The Kier molecular flexibility index (Phi) is 9.85. The third-order valence-electron chi connectivity index (χ3n) is 8.13. The Bertz CT molecular complexity index is 1710. The van der Waals surface area contributed by atoms with Gasteiger partial charge in [-0.05, 0) is 68.5 Å². The molecule has 5 N–H and O–H groups in total. The lowest BCUT2D eigenvalue weighted by Gasteiger charge is -2.21. The van der Waals surface area contributed by atoms with Gasteiger partial charge in [0.2, 0.25) is 0 Å². The van der Waals surface area contributed by atoms with Crippen LogP contribution in [0.3, 0.4) is 0 Å². The van der Waals surface area contributed by atoms with Crippen molar-refractivity contribution in [2.24, 2.45) is 5.73 Å². The molecule has 0 unspecified atom stereocenters. The van der Waals surface area contributed by atoms with Gasteiger partial charge < -0.3 is 30.7 Å². The average molecular weight is 605 g/mol. The van der Waals surface area contributed by atoms with Gasteiger partial charge in [-0.2, -0.15) is 0 Å². The molecule has 0 saturated carbocycles. The fraction of sp³-hybridized carbons (Fsp3) is 0.297. The highest BCUT2D eigenvalue weighted by atomic mass is 16.5. The molecule has 234 valence electrons. The van der Waals surface area contributed by atoms with E-state index in [2.05, 4.69) is 82.5 Å². The summed E-state index contributed by atoms with van der Waals surface area (Å²) in [4.78, 5) is 2.19. The van der Waals surface area contributed by atoms with Gasteiger partial charge in [0.25, 0.3) is 0 Å². The van der Waals surface area contributed by atoms with Crippen LogP contribution in [0, 0.1) is 0 Å². The highest BCUT2D eigenvalue weighted by Crippen LogP contribution is 2.50. The largest absolute Gasteiger partial charge is 0.488 e. The number of nitrogens with one attached hydrogen (secondary N) is 3. The van der Waals surface area contributed by atoms with Gasteiger partial charge in [-0.3, -0.25) is 10.4 Å². The number of likely N-dealkylation sites (N-methyl/N-ethyl adjacent to an activating group) is 1. The summed E-state index contributed by atoms with van der Waals surface area (Å²) in [6.45, 7) is 6.04. The first kappa shape index (κ1) is 30.5. The van der Waals surface area contributed by atoms with Gasteiger partial charge in [-0.1, -0.05) is 60.7 Å². The molecular weight excluding hydrogens is 560 g/mol. The second-order valence-electron chi connectivity index (χ2n) is 11.7. The van der Waals surface area contributed by atoms with Crippen LogP contribution in [-0.2, 0) is 13.2 Å². The van der Waals surface area contributed by atoms with E-state index in [1.54, 1.807) is 0 Å². The molecule has 1 heterocycles. The van der Waals surface area contributed by atoms with Crippen LogP contribution < -0.4 is 36.3 Å². The molecule has 0 fully saturated rings. The molecule has 0 aromatic heterocycles. The number of nitrogens with zero attached hydrogens (tertiary/aromatic N) is 2. The molecule has 0 bridgehead atoms. The minimum Gasteiger partial charge on any atom is -0.488 e. The summed E-state index contributed by atoms with van der Waals surface area (Å²) in [6.07, 6.45) is 0.877. The Morgan fingerprint density at radius 2 is 1.44 bits per heavy atom. The second-order valence-corrected chi connectivity index (χ2v) is 11.7. The summed E-state index contributed by atoms with van der Waals surface area (Å²) in [7, 11) is 4.19. The van der Waals surface area contributed by atoms with Crippen molar-refractivity contribution in [2.45, 2.75) is 19.6 Å². The minimum absolute atomic E-state index is 0.476. The van der Waals surface area contributed by atoms with Crippen molar-refractivity contribution in [1.29, 1.82) is 0 Å². The normalized spacial score (nSPS) is 12.2. The number of anilines is 3. The van der Waals surface area contributed by atoms with Crippen LogP contribution in [0.4, 0.5) is 17.1 Å². The van der Waals surface area contributed by atoms with Gasteiger partial charge in [0.1, 0.15) is 24.7 Å². The van der Waals surface area contributed by atoms with Crippen LogP contribution in [0.5, 0.6) is 11.5 Å². The molecule has 0 saturated heterocycles. The summed E-state index contributed by atoms with van der Waals surface area (Å²) in [5, 5.41) is 13.8. The van der Waals surface area contributed by atoms with Crippen molar-refractivity contribution in [3.8, 4) is 11.5 Å². The van der Waals surface area contributed by atoms with Crippen LogP contribution >= 0.6 is 0 Å². The molecule has 8 heteroatoms. The lowest BCUT2D eigenvalue weighted by atomic mass is 9.98. The van der Waals surface area contributed by atoms with E-state index in [-0.39, 0.29) is 0 Å².